The zero-order valence-electron chi connectivity index (χ0n) is 19.1. The number of anilines is 1. The molecule has 8 nitrogen and oxygen atoms in total. The van der Waals surface area contributed by atoms with E-state index in [4.69, 9.17) is 5.10 Å². The van der Waals surface area contributed by atoms with E-state index >= 15 is 0 Å². The Labute approximate surface area is 202 Å². The van der Waals surface area contributed by atoms with Gasteiger partial charge in [-0.25, -0.2) is 0 Å². The van der Waals surface area contributed by atoms with Gasteiger partial charge in [0.25, 0.3) is 11.6 Å². The van der Waals surface area contributed by atoms with E-state index in [1.807, 2.05) is 71.5 Å². The van der Waals surface area contributed by atoms with E-state index in [0.717, 1.165) is 35.2 Å². The van der Waals surface area contributed by atoms with Crippen molar-refractivity contribution >= 4 is 17.3 Å². The van der Waals surface area contributed by atoms with Crippen LogP contribution >= 0.6 is 0 Å². The number of hydrogen-bond acceptors (Lipinski definition) is 5. The average Bonchev–Trinajstić information content (AvgIpc) is 3.61. The molecule has 5 rings (SSSR count). The Kier molecular flexibility index (Phi) is 6.26. The molecule has 0 atom stereocenters. The number of carbonyl (C=O) groups excluding carboxylic acids is 1. The first kappa shape index (κ1) is 22.3. The van der Waals surface area contributed by atoms with Crippen molar-refractivity contribution in [2.75, 3.05) is 5.32 Å². The molecule has 1 amide bonds. The molecule has 2 N–H and O–H groups in total. The predicted octanol–water partition coefficient (Wildman–Crippen LogP) is 5.01. The van der Waals surface area contributed by atoms with Crippen molar-refractivity contribution in [3.63, 3.8) is 0 Å². The van der Waals surface area contributed by atoms with Gasteiger partial charge < -0.3 is 10.6 Å². The third-order valence-electron chi connectivity index (χ3n) is 5.91. The largest absolute Gasteiger partial charge is 0.375 e. The minimum atomic E-state index is -0.465. The van der Waals surface area contributed by atoms with Gasteiger partial charge in [0.05, 0.1) is 17.2 Å². The number of amides is 1. The smallest absolute Gasteiger partial charge is 0.293 e. The summed E-state index contributed by atoms with van der Waals surface area (Å²) in [5, 5.41) is 22.6. The molecule has 0 saturated heterocycles. The van der Waals surface area contributed by atoms with Gasteiger partial charge in [0.2, 0.25) is 0 Å². The molecule has 0 unspecified atom stereocenters. The highest BCUT2D eigenvalue weighted by Gasteiger charge is 2.25. The number of aromatic nitrogens is 2. The first-order chi connectivity index (χ1) is 17.1. The highest BCUT2D eigenvalue weighted by Crippen LogP contribution is 2.29. The van der Waals surface area contributed by atoms with Crippen molar-refractivity contribution in [3.05, 3.63) is 112 Å². The summed E-state index contributed by atoms with van der Waals surface area (Å²) in [5.74, 6) is -0.282. The third-order valence-corrected chi connectivity index (χ3v) is 5.91. The second-order valence-electron chi connectivity index (χ2n) is 8.64. The lowest BCUT2D eigenvalue weighted by molar-refractivity contribution is -0.384. The van der Waals surface area contributed by atoms with Gasteiger partial charge in [-0.1, -0.05) is 60.7 Å². The highest BCUT2D eigenvalue weighted by molar-refractivity contribution is 5.96. The lowest BCUT2D eigenvalue weighted by Gasteiger charge is -2.09. The number of hydrogen-bond donors (Lipinski definition) is 2. The maximum absolute atomic E-state index is 12.3. The number of carbonyl (C=O) groups is 1. The topological polar surface area (TPSA) is 102 Å². The fraction of sp³-hybridized carbons (Fsp3) is 0.185. The molecule has 4 aromatic rings. The lowest BCUT2D eigenvalue weighted by atomic mass is 10.1. The minimum absolute atomic E-state index is 0.133. The molecule has 0 bridgehead atoms. The first-order valence-electron chi connectivity index (χ1n) is 11.6. The second-order valence-corrected chi connectivity index (χ2v) is 8.64. The van der Waals surface area contributed by atoms with Gasteiger partial charge in [-0.3, -0.25) is 19.6 Å². The first-order valence-corrected chi connectivity index (χ1v) is 11.6. The molecule has 0 aliphatic heterocycles. The summed E-state index contributed by atoms with van der Waals surface area (Å²) in [7, 11) is 0. The van der Waals surface area contributed by atoms with Gasteiger partial charge in [-0.15, -0.1) is 0 Å². The van der Waals surface area contributed by atoms with Gasteiger partial charge in [-0.05, 0) is 30.5 Å². The van der Waals surface area contributed by atoms with E-state index in [9.17, 15) is 14.9 Å². The van der Waals surface area contributed by atoms with E-state index in [0.29, 0.717) is 18.8 Å². The molecule has 1 fully saturated rings. The van der Waals surface area contributed by atoms with Crippen LogP contribution in [0.25, 0.3) is 11.3 Å². The van der Waals surface area contributed by atoms with Crippen LogP contribution in [0.15, 0.2) is 85.1 Å². The Hall–Kier alpha value is -4.46. The number of benzene rings is 3. The van der Waals surface area contributed by atoms with Crippen LogP contribution in [0.5, 0.6) is 0 Å². The average molecular weight is 468 g/mol. The molecule has 3 aromatic carbocycles. The van der Waals surface area contributed by atoms with Crippen LogP contribution < -0.4 is 10.6 Å². The molecule has 35 heavy (non-hydrogen) atoms. The van der Waals surface area contributed by atoms with Crippen LogP contribution in [-0.2, 0) is 13.1 Å². The molecule has 1 aromatic heterocycles. The van der Waals surface area contributed by atoms with Gasteiger partial charge in [-0.2, -0.15) is 5.10 Å². The molecular formula is C27H25N5O3. The van der Waals surface area contributed by atoms with Gasteiger partial charge in [0.1, 0.15) is 5.69 Å². The molecule has 1 heterocycles. The van der Waals surface area contributed by atoms with E-state index in [1.54, 1.807) is 12.1 Å². The van der Waals surface area contributed by atoms with E-state index in [-0.39, 0.29) is 23.2 Å². The van der Waals surface area contributed by atoms with Crippen molar-refractivity contribution in [2.24, 2.45) is 0 Å². The Morgan fingerprint density at radius 3 is 2.43 bits per heavy atom. The van der Waals surface area contributed by atoms with Gasteiger partial charge >= 0.3 is 0 Å². The summed E-state index contributed by atoms with van der Waals surface area (Å²) in [6.45, 7) is 0.957. The SMILES string of the molecule is O=C(NC1CC1)c1ccc(NCc2cn(Cc3ccccc3)nc2-c2ccccc2)c([N+](=O)[O-])c1. The molecule has 0 radical (unpaired) electrons. The molecule has 0 spiro atoms. The van der Waals surface area contributed by atoms with E-state index in [2.05, 4.69) is 10.6 Å². The Morgan fingerprint density at radius 2 is 1.74 bits per heavy atom. The predicted molar refractivity (Wildman–Crippen MR) is 134 cm³/mol. The zero-order valence-corrected chi connectivity index (χ0v) is 19.1. The van der Waals surface area contributed by atoms with Crippen LogP contribution in [0.2, 0.25) is 0 Å². The van der Waals surface area contributed by atoms with E-state index < -0.39 is 4.92 Å². The van der Waals surface area contributed by atoms with Gasteiger partial charge in [0.15, 0.2) is 0 Å². The molecule has 1 saturated carbocycles. The second kappa shape index (κ2) is 9.80. The van der Waals surface area contributed by atoms with Crippen molar-refractivity contribution in [2.45, 2.75) is 32.0 Å². The minimum Gasteiger partial charge on any atom is -0.375 e. The Bertz CT molecular complexity index is 1350. The fourth-order valence-corrected chi connectivity index (χ4v) is 3.94. The number of nitro benzene ring substituents is 1. The highest BCUT2D eigenvalue weighted by atomic mass is 16.6. The van der Waals surface area contributed by atoms with Crippen molar-refractivity contribution < 1.29 is 9.72 Å². The summed E-state index contributed by atoms with van der Waals surface area (Å²) >= 11 is 0. The zero-order chi connectivity index (χ0) is 24.2. The maximum atomic E-state index is 12.3. The molecule has 1 aliphatic rings. The summed E-state index contributed by atoms with van der Waals surface area (Å²) in [6, 6.07) is 24.6. The summed E-state index contributed by atoms with van der Waals surface area (Å²) < 4.78 is 1.88. The van der Waals surface area contributed by atoms with Crippen LogP contribution in [0.4, 0.5) is 11.4 Å². The van der Waals surface area contributed by atoms with Crippen LogP contribution in [-0.4, -0.2) is 26.7 Å². The fourth-order valence-electron chi connectivity index (χ4n) is 3.94. The third kappa shape index (κ3) is 5.38. The van der Waals surface area contributed by atoms with E-state index in [1.165, 1.54) is 6.07 Å². The Balaban J connectivity index is 1.40. The van der Waals surface area contributed by atoms with Crippen molar-refractivity contribution in [3.8, 4) is 11.3 Å². The van der Waals surface area contributed by atoms with Gasteiger partial charge in [0, 0.05) is 41.5 Å². The normalized spacial score (nSPS) is 12.8. The number of rotatable bonds is 9. The van der Waals surface area contributed by atoms with Crippen LogP contribution in [0.3, 0.4) is 0 Å². The molecule has 176 valence electrons. The molecule has 8 heteroatoms. The van der Waals surface area contributed by atoms with Crippen LogP contribution in [0, 0.1) is 10.1 Å². The lowest BCUT2D eigenvalue weighted by Crippen LogP contribution is -2.25. The summed E-state index contributed by atoms with van der Waals surface area (Å²) in [6.07, 6.45) is 3.87. The summed E-state index contributed by atoms with van der Waals surface area (Å²) in [5.41, 5.74) is 4.34. The van der Waals surface area contributed by atoms with Crippen molar-refractivity contribution in [1.82, 2.24) is 15.1 Å². The standard InChI is InChI=1S/C27H25N5O3/c33-27(29-23-12-13-23)21-11-14-24(25(15-21)32(34)35)28-16-22-18-31(17-19-7-3-1-4-8-19)30-26(22)20-9-5-2-6-10-20/h1-11,14-15,18,23,28H,12-13,16-17H2,(H,29,33). The maximum Gasteiger partial charge on any atom is 0.293 e. The molecular weight excluding hydrogens is 442 g/mol. The Morgan fingerprint density at radius 1 is 1.03 bits per heavy atom. The molecule has 1 aliphatic carbocycles. The van der Waals surface area contributed by atoms with Crippen LogP contribution in [0.1, 0.15) is 34.3 Å². The number of nitrogens with one attached hydrogen (secondary N) is 2. The monoisotopic (exact) mass is 467 g/mol. The quantitative estimate of drug-likeness (QED) is 0.266. The van der Waals surface area contributed by atoms with Crippen molar-refractivity contribution in [1.29, 1.82) is 0 Å². The number of nitro groups is 1. The number of nitrogens with zero attached hydrogens (tertiary/aromatic N) is 3. The summed E-state index contributed by atoms with van der Waals surface area (Å²) in [4.78, 5) is 23.6.